The lowest BCUT2D eigenvalue weighted by atomic mass is 9.93. The molecule has 1 aromatic rings. The third-order valence-corrected chi connectivity index (χ3v) is 4.76. The van der Waals surface area contributed by atoms with E-state index in [1.807, 2.05) is 7.05 Å². The summed E-state index contributed by atoms with van der Waals surface area (Å²) in [4.78, 5) is 8.83. The summed E-state index contributed by atoms with van der Waals surface area (Å²) < 4.78 is 0. The Morgan fingerprint density at radius 1 is 1.20 bits per heavy atom. The van der Waals surface area contributed by atoms with Crippen LogP contribution in [0.15, 0.2) is 6.33 Å². The lowest BCUT2D eigenvalue weighted by Gasteiger charge is -2.23. The minimum atomic E-state index is 0.551. The van der Waals surface area contributed by atoms with Gasteiger partial charge in [-0.15, -0.1) is 0 Å². The molecule has 4 heteroatoms. The molecule has 2 N–H and O–H groups in total. The van der Waals surface area contributed by atoms with E-state index >= 15 is 0 Å². The Hall–Kier alpha value is -1.32. The Labute approximate surface area is 122 Å². The number of anilines is 2. The summed E-state index contributed by atoms with van der Waals surface area (Å²) in [5.74, 6) is 3.57. The van der Waals surface area contributed by atoms with Crippen LogP contribution in [-0.2, 0) is 6.42 Å². The zero-order valence-electron chi connectivity index (χ0n) is 13.2. The zero-order chi connectivity index (χ0) is 14.5. The van der Waals surface area contributed by atoms with Crippen molar-refractivity contribution < 1.29 is 0 Å². The van der Waals surface area contributed by atoms with Crippen LogP contribution >= 0.6 is 0 Å². The molecule has 0 radical (unpaired) electrons. The van der Waals surface area contributed by atoms with Crippen molar-refractivity contribution in [1.29, 1.82) is 0 Å². The second-order valence-corrected chi connectivity index (χ2v) is 5.91. The summed E-state index contributed by atoms with van der Waals surface area (Å²) in [7, 11) is 1.93. The fourth-order valence-corrected chi connectivity index (χ4v) is 3.44. The van der Waals surface area contributed by atoms with E-state index in [-0.39, 0.29) is 0 Å². The van der Waals surface area contributed by atoms with Crippen LogP contribution in [0, 0.1) is 11.8 Å². The summed E-state index contributed by atoms with van der Waals surface area (Å²) >= 11 is 0. The van der Waals surface area contributed by atoms with Crippen LogP contribution in [0.3, 0.4) is 0 Å². The first-order valence-corrected chi connectivity index (χ1v) is 7.99. The van der Waals surface area contributed by atoms with E-state index in [4.69, 9.17) is 0 Å². The van der Waals surface area contributed by atoms with Gasteiger partial charge in [-0.25, -0.2) is 9.97 Å². The van der Waals surface area contributed by atoms with Gasteiger partial charge >= 0.3 is 0 Å². The number of aromatic nitrogens is 2. The van der Waals surface area contributed by atoms with Crippen molar-refractivity contribution in [1.82, 2.24) is 9.97 Å². The fourth-order valence-electron chi connectivity index (χ4n) is 3.44. The Morgan fingerprint density at radius 2 is 1.95 bits per heavy atom. The molecular weight excluding hydrogens is 248 g/mol. The van der Waals surface area contributed by atoms with E-state index in [0.717, 1.165) is 36.3 Å². The van der Waals surface area contributed by atoms with Crippen molar-refractivity contribution in [2.75, 3.05) is 17.7 Å². The number of nitrogens with zero attached hydrogens (tertiary/aromatic N) is 2. The lowest BCUT2D eigenvalue weighted by Crippen LogP contribution is -2.26. The van der Waals surface area contributed by atoms with Crippen LogP contribution in [0.1, 0.15) is 52.0 Å². The topological polar surface area (TPSA) is 49.8 Å². The third kappa shape index (κ3) is 3.05. The predicted molar refractivity (Wildman–Crippen MR) is 85.2 cm³/mol. The molecule has 0 amide bonds. The minimum Gasteiger partial charge on any atom is -0.373 e. The number of hydrogen-bond donors (Lipinski definition) is 2. The molecule has 1 heterocycles. The highest BCUT2D eigenvalue weighted by atomic mass is 15.1. The quantitative estimate of drug-likeness (QED) is 0.831. The van der Waals surface area contributed by atoms with Gasteiger partial charge < -0.3 is 10.6 Å². The van der Waals surface area contributed by atoms with Gasteiger partial charge in [-0.3, -0.25) is 0 Å². The zero-order valence-corrected chi connectivity index (χ0v) is 13.2. The van der Waals surface area contributed by atoms with Crippen molar-refractivity contribution >= 4 is 11.6 Å². The van der Waals surface area contributed by atoms with Crippen LogP contribution in [0.2, 0.25) is 0 Å². The fraction of sp³-hybridized carbons (Fsp3) is 0.750. The molecule has 1 fully saturated rings. The molecule has 0 spiro atoms. The molecule has 112 valence electrons. The number of nitrogens with one attached hydrogen (secondary N) is 2. The summed E-state index contributed by atoms with van der Waals surface area (Å²) in [6, 6.07) is 0.551. The largest absolute Gasteiger partial charge is 0.373 e. The smallest absolute Gasteiger partial charge is 0.134 e. The molecule has 0 saturated heterocycles. The molecule has 20 heavy (non-hydrogen) atoms. The third-order valence-electron chi connectivity index (χ3n) is 4.76. The maximum absolute atomic E-state index is 4.49. The van der Waals surface area contributed by atoms with Gasteiger partial charge in [0.1, 0.15) is 18.0 Å². The lowest BCUT2D eigenvalue weighted by molar-refractivity contribution is 0.391. The average molecular weight is 276 g/mol. The van der Waals surface area contributed by atoms with Crippen molar-refractivity contribution in [2.45, 2.75) is 58.9 Å². The molecule has 3 unspecified atom stereocenters. The minimum absolute atomic E-state index is 0.551. The molecule has 1 saturated carbocycles. The molecule has 1 aliphatic carbocycles. The van der Waals surface area contributed by atoms with Gasteiger partial charge in [-0.1, -0.05) is 33.6 Å². The standard InChI is InChI=1S/C16H28N4/c1-5-7-13-15(17-4)18-10-19-16(13)20-14-9-8-12(6-2)11(14)3/h10-12,14H,5-9H2,1-4H3,(H2,17,18,19,20). The first kappa shape index (κ1) is 15.1. The van der Waals surface area contributed by atoms with Crippen LogP contribution in [0.4, 0.5) is 11.6 Å². The van der Waals surface area contributed by atoms with Crippen molar-refractivity contribution in [2.24, 2.45) is 11.8 Å². The molecule has 1 aromatic heterocycles. The summed E-state index contributed by atoms with van der Waals surface area (Å²) in [5, 5.41) is 6.88. The summed E-state index contributed by atoms with van der Waals surface area (Å²) in [6.45, 7) is 6.87. The maximum atomic E-state index is 4.49. The predicted octanol–water partition coefficient (Wildman–Crippen LogP) is 3.71. The second-order valence-electron chi connectivity index (χ2n) is 5.91. The van der Waals surface area contributed by atoms with E-state index in [1.165, 1.54) is 24.8 Å². The van der Waals surface area contributed by atoms with Crippen LogP contribution in [-0.4, -0.2) is 23.1 Å². The summed E-state index contributed by atoms with van der Waals surface area (Å²) in [6.07, 6.45) is 7.65. The van der Waals surface area contributed by atoms with Crippen LogP contribution in [0.5, 0.6) is 0 Å². The van der Waals surface area contributed by atoms with E-state index < -0.39 is 0 Å². The van der Waals surface area contributed by atoms with Gasteiger partial charge in [0.2, 0.25) is 0 Å². The van der Waals surface area contributed by atoms with Gasteiger partial charge in [0, 0.05) is 18.7 Å². The van der Waals surface area contributed by atoms with Crippen molar-refractivity contribution in [3.8, 4) is 0 Å². The molecular formula is C16H28N4. The van der Waals surface area contributed by atoms with Gasteiger partial charge in [0.25, 0.3) is 0 Å². The summed E-state index contributed by atoms with van der Waals surface area (Å²) in [5.41, 5.74) is 1.23. The Morgan fingerprint density at radius 3 is 2.55 bits per heavy atom. The first-order valence-electron chi connectivity index (χ1n) is 7.99. The molecule has 0 aromatic carbocycles. The Balaban J connectivity index is 2.17. The number of hydrogen-bond acceptors (Lipinski definition) is 4. The van der Waals surface area contributed by atoms with Gasteiger partial charge in [-0.05, 0) is 31.1 Å². The van der Waals surface area contributed by atoms with Gasteiger partial charge in [0.05, 0.1) is 0 Å². The normalized spacial score (nSPS) is 25.7. The van der Waals surface area contributed by atoms with E-state index in [9.17, 15) is 0 Å². The molecule has 2 rings (SSSR count). The SMILES string of the molecule is CCCc1c(NC)ncnc1NC1CCC(CC)C1C. The van der Waals surface area contributed by atoms with E-state index in [0.29, 0.717) is 6.04 Å². The van der Waals surface area contributed by atoms with Gasteiger partial charge in [-0.2, -0.15) is 0 Å². The molecule has 4 nitrogen and oxygen atoms in total. The van der Waals surface area contributed by atoms with Crippen molar-refractivity contribution in [3.05, 3.63) is 11.9 Å². The van der Waals surface area contributed by atoms with E-state index in [1.54, 1.807) is 6.33 Å². The molecule has 0 aliphatic heterocycles. The Bertz CT molecular complexity index is 432. The molecule has 1 aliphatic rings. The monoisotopic (exact) mass is 276 g/mol. The highest BCUT2D eigenvalue weighted by Gasteiger charge is 2.32. The highest BCUT2D eigenvalue weighted by Crippen LogP contribution is 2.36. The van der Waals surface area contributed by atoms with Gasteiger partial charge in [0.15, 0.2) is 0 Å². The molecule has 0 bridgehead atoms. The Kier molecular flexibility index (Phi) is 5.21. The maximum Gasteiger partial charge on any atom is 0.134 e. The highest BCUT2D eigenvalue weighted by molar-refractivity contribution is 5.57. The average Bonchev–Trinajstić information content (AvgIpc) is 2.81. The molecule has 3 atom stereocenters. The van der Waals surface area contributed by atoms with E-state index in [2.05, 4.69) is 41.4 Å². The first-order chi connectivity index (χ1) is 9.71. The second kappa shape index (κ2) is 6.91. The van der Waals surface area contributed by atoms with Crippen LogP contribution < -0.4 is 10.6 Å². The number of rotatable bonds is 6. The van der Waals surface area contributed by atoms with Crippen LogP contribution in [0.25, 0.3) is 0 Å². The van der Waals surface area contributed by atoms with Crippen molar-refractivity contribution in [3.63, 3.8) is 0 Å².